The fourth-order valence-corrected chi connectivity index (χ4v) is 2.28. The van der Waals surface area contributed by atoms with Gasteiger partial charge in [-0.2, -0.15) is 0 Å². The molecule has 2 heterocycles. The second-order valence-corrected chi connectivity index (χ2v) is 4.90. The number of hydrogen-bond acceptors (Lipinski definition) is 3. The number of hydrogen-bond donors (Lipinski definition) is 1. The van der Waals surface area contributed by atoms with Crippen LogP contribution in [0.5, 0.6) is 0 Å². The maximum atomic E-state index is 4.66. The number of nitrogens with one attached hydrogen (secondary N) is 1. The average molecular weight is 266 g/mol. The molecule has 0 saturated heterocycles. The van der Waals surface area contributed by atoms with Gasteiger partial charge in [0.1, 0.15) is 5.82 Å². The highest BCUT2D eigenvalue weighted by Gasteiger charge is 2.08. The van der Waals surface area contributed by atoms with Crippen molar-refractivity contribution >= 4 is 16.7 Å². The summed E-state index contributed by atoms with van der Waals surface area (Å²) in [6, 6.07) is 12.7. The number of fused-ring (bicyclic) bond motifs is 1. The Bertz CT molecular complexity index is 676. The van der Waals surface area contributed by atoms with Gasteiger partial charge < -0.3 is 9.88 Å². The van der Waals surface area contributed by atoms with Crippen molar-refractivity contribution < 1.29 is 0 Å². The van der Waals surface area contributed by atoms with Crippen LogP contribution in [-0.4, -0.2) is 20.6 Å². The van der Waals surface area contributed by atoms with Gasteiger partial charge in [0.05, 0.1) is 11.8 Å². The van der Waals surface area contributed by atoms with Gasteiger partial charge in [0.2, 0.25) is 0 Å². The van der Waals surface area contributed by atoms with Gasteiger partial charge in [0.15, 0.2) is 0 Å². The van der Waals surface area contributed by atoms with E-state index in [1.807, 2.05) is 36.8 Å². The minimum Gasteiger partial charge on any atom is -0.366 e. The van der Waals surface area contributed by atoms with Gasteiger partial charge in [-0.05, 0) is 24.6 Å². The number of pyridine rings is 1. The lowest BCUT2D eigenvalue weighted by atomic mass is 10.2. The molecule has 0 aliphatic heterocycles. The molecule has 2 aromatic heterocycles. The molecule has 0 aliphatic rings. The fraction of sp³-hybridized carbons (Fsp3) is 0.250. The first-order valence-corrected chi connectivity index (χ1v) is 6.93. The van der Waals surface area contributed by atoms with Crippen LogP contribution in [0.15, 0.2) is 55.1 Å². The SMILES string of the molecule is CCC(Cn1ccnc1)Nc1ccc2ccccc2n1. The summed E-state index contributed by atoms with van der Waals surface area (Å²) in [5.41, 5.74) is 1.02. The molecular formula is C16H18N4. The number of benzene rings is 1. The van der Waals surface area contributed by atoms with E-state index in [0.29, 0.717) is 6.04 Å². The summed E-state index contributed by atoms with van der Waals surface area (Å²) >= 11 is 0. The van der Waals surface area contributed by atoms with Gasteiger partial charge in [-0.1, -0.05) is 25.1 Å². The van der Waals surface area contributed by atoms with Crippen molar-refractivity contribution in [2.45, 2.75) is 25.9 Å². The number of anilines is 1. The number of para-hydroxylation sites is 1. The largest absolute Gasteiger partial charge is 0.366 e. The molecule has 4 nitrogen and oxygen atoms in total. The van der Waals surface area contributed by atoms with E-state index in [4.69, 9.17) is 0 Å². The molecule has 102 valence electrons. The Balaban J connectivity index is 1.76. The van der Waals surface area contributed by atoms with Gasteiger partial charge in [-0.15, -0.1) is 0 Å². The maximum absolute atomic E-state index is 4.66. The lowest BCUT2D eigenvalue weighted by Crippen LogP contribution is -2.24. The first kappa shape index (κ1) is 12.7. The van der Waals surface area contributed by atoms with E-state index in [0.717, 1.165) is 24.3 Å². The highest BCUT2D eigenvalue weighted by atomic mass is 15.1. The van der Waals surface area contributed by atoms with Crippen LogP contribution < -0.4 is 5.32 Å². The third-order valence-corrected chi connectivity index (χ3v) is 3.43. The zero-order chi connectivity index (χ0) is 13.8. The quantitative estimate of drug-likeness (QED) is 0.770. The molecule has 0 bridgehead atoms. The van der Waals surface area contributed by atoms with E-state index < -0.39 is 0 Å². The second-order valence-electron chi connectivity index (χ2n) is 4.90. The molecule has 1 N–H and O–H groups in total. The standard InChI is InChI=1S/C16H18N4/c1-2-14(11-20-10-9-17-12-20)18-16-8-7-13-5-3-4-6-15(13)19-16/h3-10,12,14H,2,11H2,1H3,(H,18,19). The zero-order valence-electron chi connectivity index (χ0n) is 11.5. The molecular weight excluding hydrogens is 248 g/mol. The van der Waals surface area contributed by atoms with Crippen LogP contribution in [0.4, 0.5) is 5.82 Å². The number of nitrogens with zero attached hydrogens (tertiary/aromatic N) is 3. The summed E-state index contributed by atoms with van der Waals surface area (Å²) in [4.78, 5) is 8.73. The average Bonchev–Trinajstić information content (AvgIpc) is 2.99. The van der Waals surface area contributed by atoms with E-state index in [2.05, 4.69) is 38.9 Å². The highest BCUT2D eigenvalue weighted by Crippen LogP contribution is 2.16. The van der Waals surface area contributed by atoms with Gasteiger partial charge in [0.25, 0.3) is 0 Å². The van der Waals surface area contributed by atoms with Gasteiger partial charge >= 0.3 is 0 Å². The molecule has 1 unspecified atom stereocenters. The molecule has 1 aromatic carbocycles. The molecule has 0 radical (unpaired) electrons. The lowest BCUT2D eigenvalue weighted by molar-refractivity contribution is 0.567. The molecule has 0 spiro atoms. The van der Waals surface area contributed by atoms with Gasteiger partial charge in [-0.25, -0.2) is 9.97 Å². The summed E-state index contributed by atoms with van der Waals surface area (Å²) in [6.07, 6.45) is 6.67. The third-order valence-electron chi connectivity index (χ3n) is 3.43. The zero-order valence-corrected chi connectivity index (χ0v) is 11.5. The first-order valence-electron chi connectivity index (χ1n) is 6.93. The van der Waals surface area contributed by atoms with E-state index in [-0.39, 0.29) is 0 Å². The molecule has 0 aliphatic carbocycles. The van der Waals surface area contributed by atoms with Gasteiger partial charge in [-0.3, -0.25) is 0 Å². The minimum atomic E-state index is 0.345. The molecule has 4 heteroatoms. The monoisotopic (exact) mass is 266 g/mol. The van der Waals surface area contributed by atoms with E-state index in [9.17, 15) is 0 Å². The fourth-order valence-electron chi connectivity index (χ4n) is 2.28. The Morgan fingerprint density at radius 1 is 1.20 bits per heavy atom. The minimum absolute atomic E-state index is 0.345. The second kappa shape index (κ2) is 5.74. The molecule has 3 rings (SSSR count). The Kier molecular flexibility index (Phi) is 3.63. The summed E-state index contributed by atoms with van der Waals surface area (Å²) in [7, 11) is 0. The van der Waals surface area contributed by atoms with Crippen LogP contribution in [0.3, 0.4) is 0 Å². The third kappa shape index (κ3) is 2.79. The molecule has 3 aromatic rings. The smallest absolute Gasteiger partial charge is 0.126 e. The van der Waals surface area contributed by atoms with Crippen LogP contribution in [0, 0.1) is 0 Å². The summed E-state index contributed by atoms with van der Waals surface area (Å²) in [5.74, 6) is 0.927. The predicted octanol–water partition coefficient (Wildman–Crippen LogP) is 3.32. The number of aromatic nitrogens is 3. The van der Waals surface area contributed by atoms with E-state index in [1.54, 1.807) is 6.20 Å². The summed E-state index contributed by atoms with van der Waals surface area (Å²) < 4.78 is 2.09. The van der Waals surface area contributed by atoms with E-state index in [1.165, 1.54) is 5.39 Å². The molecule has 1 atom stereocenters. The van der Waals surface area contributed by atoms with Crippen molar-refractivity contribution in [2.24, 2.45) is 0 Å². The summed E-state index contributed by atoms with van der Waals surface area (Å²) in [5, 5.41) is 4.67. The first-order chi connectivity index (χ1) is 9.85. The van der Waals surface area contributed by atoms with Crippen molar-refractivity contribution in [3.8, 4) is 0 Å². The maximum Gasteiger partial charge on any atom is 0.126 e. The molecule has 0 amide bonds. The lowest BCUT2D eigenvalue weighted by Gasteiger charge is -2.18. The van der Waals surface area contributed by atoms with Crippen molar-refractivity contribution in [3.63, 3.8) is 0 Å². The topological polar surface area (TPSA) is 42.7 Å². The Morgan fingerprint density at radius 3 is 2.90 bits per heavy atom. The van der Waals surface area contributed by atoms with Crippen molar-refractivity contribution in [1.82, 2.24) is 14.5 Å². The Hall–Kier alpha value is -2.36. The van der Waals surface area contributed by atoms with Crippen LogP contribution in [0.1, 0.15) is 13.3 Å². The highest BCUT2D eigenvalue weighted by molar-refractivity contribution is 5.80. The molecule has 0 saturated carbocycles. The summed E-state index contributed by atoms with van der Waals surface area (Å²) in [6.45, 7) is 3.07. The van der Waals surface area contributed by atoms with E-state index >= 15 is 0 Å². The number of imidazole rings is 1. The predicted molar refractivity (Wildman–Crippen MR) is 81.7 cm³/mol. The van der Waals surface area contributed by atoms with Crippen LogP contribution in [0.25, 0.3) is 10.9 Å². The van der Waals surface area contributed by atoms with Crippen LogP contribution in [-0.2, 0) is 6.54 Å². The van der Waals surface area contributed by atoms with Crippen molar-refractivity contribution in [3.05, 3.63) is 55.1 Å². The van der Waals surface area contributed by atoms with Crippen LogP contribution >= 0.6 is 0 Å². The molecule has 0 fully saturated rings. The number of rotatable bonds is 5. The van der Waals surface area contributed by atoms with Gasteiger partial charge in [0, 0.05) is 30.4 Å². The Labute approximate surface area is 118 Å². The normalized spacial score (nSPS) is 12.4. The van der Waals surface area contributed by atoms with Crippen molar-refractivity contribution in [2.75, 3.05) is 5.32 Å². The Morgan fingerprint density at radius 2 is 2.10 bits per heavy atom. The van der Waals surface area contributed by atoms with Crippen LogP contribution in [0.2, 0.25) is 0 Å². The van der Waals surface area contributed by atoms with Crippen molar-refractivity contribution in [1.29, 1.82) is 0 Å². The molecule has 20 heavy (non-hydrogen) atoms.